The van der Waals surface area contributed by atoms with Crippen molar-refractivity contribution in [1.82, 2.24) is 5.32 Å². The van der Waals surface area contributed by atoms with Crippen LogP contribution in [0.1, 0.15) is 37.0 Å². The Morgan fingerprint density at radius 1 is 1.38 bits per heavy atom. The van der Waals surface area contributed by atoms with E-state index in [2.05, 4.69) is 10.6 Å². The number of anilines is 1. The minimum atomic E-state index is -0.762. The summed E-state index contributed by atoms with van der Waals surface area (Å²) in [5, 5.41) is 5.40. The molecule has 1 aliphatic rings. The first-order chi connectivity index (χ1) is 10.0. The number of amides is 1. The van der Waals surface area contributed by atoms with Gasteiger partial charge in [0.25, 0.3) is 5.91 Å². The molecule has 1 aromatic rings. The average molecular weight is 298 g/mol. The molecule has 2 N–H and O–H groups in total. The molecule has 1 heterocycles. The fraction of sp³-hybridized carbons (Fsp3) is 0.533. The number of halogens is 2. The van der Waals surface area contributed by atoms with Crippen LogP contribution in [0.3, 0.4) is 0 Å². The largest absolute Gasteiger partial charge is 0.381 e. The van der Waals surface area contributed by atoms with Crippen LogP contribution in [0.4, 0.5) is 14.5 Å². The van der Waals surface area contributed by atoms with Gasteiger partial charge in [0.15, 0.2) is 0 Å². The van der Waals surface area contributed by atoms with Gasteiger partial charge in [0.1, 0.15) is 17.3 Å². The van der Waals surface area contributed by atoms with Gasteiger partial charge in [-0.1, -0.05) is 0 Å². The van der Waals surface area contributed by atoms with Crippen LogP contribution in [0.25, 0.3) is 0 Å². The molecule has 6 heteroatoms. The minimum absolute atomic E-state index is 0.00852. The van der Waals surface area contributed by atoms with Crippen LogP contribution in [-0.2, 0) is 4.74 Å². The van der Waals surface area contributed by atoms with Gasteiger partial charge in [0, 0.05) is 24.8 Å². The number of benzene rings is 1. The lowest BCUT2D eigenvalue weighted by Gasteiger charge is -2.28. The first kappa shape index (κ1) is 15.7. The van der Waals surface area contributed by atoms with Gasteiger partial charge in [0.2, 0.25) is 0 Å². The van der Waals surface area contributed by atoms with Crippen molar-refractivity contribution in [2.45, 2.75) is 38.8 Å². The van der Waals surface area contributed by atoms with E-state index in [0.717, 1.165) is 12.1 Å². The molecule has 4 nitrogen and oxygen atoms in total. The lowest BCUT2D eigenvalue weighted by molar-refractivity contribution is 0.0136. The van der Waals surface area contributed by atoms with E-state index in [9.17, 15) is 13.6 Å². The highest BCUT2D eigenvalue weighted by Gasteiger charge is 2.22. The van der Waals surface area contributed by atoms with Crippen LogP contribution in [0, 0.1) is 11.6 Å². The number of nitrogens with one attached hydrogen (secondary N) is 2. The lowest BCUT2D eigenvalue weighted by Crippen LogP contribution is -2.41. The van der Waals surface area contributed by atoms with E-state index in [1.165, 1.54) is 0 Å². The van der Waals surface area contributed by atoms with Crippen molar-refractivity contribution >= 4 is 11.6 Å². The van der Waals surface area contributed by atoms with E-state index < -0.39 is 17.5 Å². The standard InChI is InChI=1S/C15H20F2N2O2/c1-3-18-14-12(16)7-10(8-13(14)17)15(20)19-11-4-5-21-9(2)6-11/h7-9,11,18H,3-6H2,1-2H3,(H,19,20). The fourth-order valence-electron chi connectivity index (χ4n) is 2.45. The van der Waals surface area contributed by atoms with Gasteiger partial charge in [-0.05, 0) is 38.8 Å². The summed E-state index contributed by atoms with van der Waals surface area (Å²) in [5.41, 5.74) is -0.209. The van der Waals surface area contributed by atoms with Crippen LogP contribution in [0.2, 0.25) is 0 Å². The molecule has 2 atom stereocenters. The third kappa shape index (κ3) is 3.91. The summed E-state index contributed by atoms with van der Waals surface area (Å²) < 4.78 is 33.0. The summed E-state index contributed by atoms with van der Waals surface area (Å²) in [6, 6.07) is 2.08. The maximum Gasteiger partial charge on any atom is 0.251 e. The molecule has 1 amide bonds. The number of rotatable bonds is 4. The molecule has 116 valence electrons. The first-order valence-corrected chi connectivity index (χ1v) is 7.16. The van der Waals surface area contributed by atoms with Crippen molar-refractivity contribution in [3.8, 4) is 0 Å². The Hall–Kier alpha value is -1.69. The minimum Gasteiger partial charge on any atom is -0.381 e. The molecule has 2 unspecified atom stereocenters. The first-order valence-electron chi connectivity index (χ1n) is 7.16. The predicted molar refractivity (Wildman–Crippen MR) is 76.4 cm³/mol. The van der Waals surface area contributed by atoms with Gasteiger partial charge in [0.05, 0.1) is 6.10 Å². The summed E-state index contributed by atoms with van der Waals surface area (Å²) in [4.78, 5) is 12.1. The number of carbonyl (C=O) groups excluding carboxylic acids is 1. The highest BCUT2D eigenvalue weighted by molar-refractivity contribution is 5.94. The Morgan fingerprint density at radius 2 is 2.05 bits per heavy atom. The van der Waals surface area contributed by atoms with Gasteiger partial charge in [-0.15, -0.1) is 0 Å². The maximum atomic E-state index is 13.8. The highest BCUT2D eigenvalue weighted by Crippen LogP contribution is 2.21. The predicted octanol–water partition coefficient (Wildman–Crippen LogP) is 2.69. The Bertz CT molecular complexity index is 499. The molecular weight excluding hydrogens is 278 g/mol. The van der Waals surface area contributed by atoms with E-state index in [0.29, 0.717) is 26.0 Å². The zero-order valence-corrected chi connectivity index (χ0v) is 12.2. The van der Waals surface area contributed by atoms with Crippen molar-refractivity contribution < 1.29 is 18.3 Å². The summed E-state index contributed by atoms with van der Waals surface area (Å²) >= 11 is 0. The third-order valence-electron chi connectivity index (χ3n) is 3.48. The van der Waals surface area contributed by atoms with E-state index >= 15 is 0 Å². The fourth-order valence-corrected chi connectivity index (χ4v) is 2.45. The van der Waals surface area contributed by atoms with Crippen molar-refractivity contribution in [3.63, 3.8) is 0 Å². The normalized spacial score (nSPS) is 21.9. The van der Waals surface area contributed by atoms with Crippen molar-refractivity contribution in [1.29, 1.82) is 0 Å². The Balaban J connectivity index is 2.08. The molecule has 1 fully saturated rings. The van der Waals surface area contributed by atoms with Crippen LogP contribution in [0.5, 0.6) is 0 Å². The molecule has 0 aliphatic carbocycles. The van der Waals surface area contributed by atoms with Crippen molar-refractivity contribution in [2.75, 3.05) is 18.5 Å². The van der Waals surface area contributed by atoms with Crippen molar-refractivity contribution in [3.05, 3.63) is 29.3 Å². The molecule has 1 saturated heterocycles. The van der Waals surface area contributed by atoms with Gasteiger partial charge < -0.3 is 15.4 Å². The Kier molecular flexibility index (Phi) is 5.12. The number of ether oxygens (including phenoxy) is 1. The molecule has 0 saturated carbocycles. The van der Waals surface area contributed by atoms with Crippen LogP contribution >= 0.6 is 0 Å². The second-order valence-electron chi connectivity index (χ2n) is 5.22. The molecule has 0 radical (unpaired) electrons. The Morgan fingerprint density at radius 3 is 2.62 bits per heavy atom. The number of carbonyl (C=O) groups is 1. The van der Waals surface area contributed by atoms with E-state index in [-0.39, 0.29) is 23.4 Å². The van der Waals surface area contributed by atoms with Crippen LogP contribution < -0.4 is 10.6 Å². The summed E-state index contributed by atoms with van der Waals surface area (Å²) in [7, 11) is 0. The molecule has 0 aromatic heterocycles. The van der Waals surface area contributed by atoms with Crippen LogP contribution in [-0.4, -0.2) is 31.2 Å². The molecule has 2 rings (SSSR count). The molecule has 0 bridgehead atoms. The zero-order valence-electron chi connectivity index (χ0n) is 12.2. The third-order valence-corrected chi connectivity index (χ3v) is 3.48. The zero-order chi connectivity index (χ0) is 15.4. The second-order valence-corrected chi connectivity index (χ2v) is 5.22. The van der Waals surface area contributed by atoms with E-state index in [1.807, 2.05) is 6.92 Å². The van der Waals surface area contributed by atoms with Gasteiger partial charge in [-0.25, -0.2) is 8.78 Å². The highest BCUT2D eigenvalue weighted by atomic mass is 19.1. The average Bonchev–Trinajstić information content (AvgIpc) is 2.42. The lowest BCUT2D eigenvalue weighted by atomic mass is 10.0. The van der Waals surface area contributed by atoms with Gasteiger partial charge in [-0.3, -0.25) is 4.79 Å². The topological polar surface area (TPSA) is 50.4 Å². The van der Waals surface area contributed by atoms with E-state index in [1.54, 1.807) is 6.92 Å². The SMILES string of the molecule is CCNc1c(F)cc(C(=O)NC2CCOC(C)C2)cc1F. The summed E-state index contributed by atoms with van der Waals surface area (Å²) in [6.07, 6.45) is 1.48. The van der Waals surface area contributed by atoms with Gasteiger partial charge in [-0.2, -0.15) is 0 Å². The maximum absolute atomic E-state index is 13.8. The molecule has 21 heavy (non-hydrogen) atoms. The van der Waals surface area contributed by atoms with Crippen molar-refractivity contribution in [2.24, 2.45) is 0 Å². The molecule has 1 aromatic carbocycles. The summed E-state index contributed by atoms with van der Waals surface area (Å²) in [6.45, 7) is 4.65. The Labute approximate surface area is 122 Å². The summed E-state index contributed by atoms with van der Waals surface area (Å²) in [5.74, 6) is -1.99. The monoisotopic (exact) mass is 298 g/mol. The molecule has 1 aliphatic heterocycles. The second kappa shape index (κ2) is 6.85. The number of hydrogen-bond acceptors (Lipinski definition) is 3. The quantitative estimate of drug-likeness (QED) is 0.898. The molecule has 0 spiro atoms. The van der Waals surface area contributed by atoms with Crippen LogP contribution in [0.15, 0.2) is 12.1 Å². The molecular formula is C15H20F2N2O2. The smallest absolute Gasteiger partial charge is 0.251 e. The number of hydrogen-bond donors (Lipinski definition) is 2. The van der Waals surface area contributed by atoms with E-state index in [4.69, 9.17) is 4.74 Å². The van der Waals surface area contributed by atoms with Gasteiger partial charge >= 0.3 is 0 Å².